The van der Waals surface area contributed by atoms with E-state index in [2.05, 4.69) is 26.2 Å². The van der Waals surface area contributed by atoms with Gasteiger partial charge in [0.05, 0.1) is 10.5 Å². The van der Waals surface area contributed by atoms with E-state index in [1.54, 1.807) is 19.1 Å². The van der Waals surface area contributed by atoms with Gasteiger partial charge in [-0.3, -0.25) is 14.9 Å². The fraction of sp³-hybridized carbons (Fsp3) is 0.158. The Morgan fingerprint density at radius 2 is 1.83 bits per heavy atom. The van der Waals surface area contributed by atoms with Crippen molar-refractivity contribution in [3.8, 4) is 0 Å². The van der Waals surface area contributed by atoms with Gasteiger partial charge in [-0.05, 0) is 54.1 Å². The lowest BCUT2D eigenvalue weighted by Crippen LogP contribution is -2.31. The highest BCUT2D eigenvalue weighted by Gasteiger charge is 2.34. The maximum Gasteiger partial charge on any atom is 0.269 e. The molecular formula is C19H17N7O3. The van der Waals surface area contributed by atoms with Gasteiger partial charge in [0.15, 0.2) is 0 Å². The van der Waals surface area contributed by atoms with Crippen LogP contribution in [0.5, 0.6) is 0 Å². The Labute approximate surface area is 165 Å². The van der Waals surface area contributed by atoms with Crippen LogP contribution >= 0.6 is 0 Å². The van der Waals surface area contributed by atoms with E-state index in [9.17, 15) is 14.9 Å². The number of carbonyl (C=O) groups excluding carboxylic acids is 1. The first-order valence-electron chi connectivity index (χ1n) is 8.82. The smallest absolute Gasteiger partial charge is 0.269 e. The summed E-state index contributed by atoms with van der Waals surface area (Å²) >= 11 is 0. The molecule has 2 N–H and O–H groups in total. The van der Waals surface area contributed by atoms with Crippen molar-refractivity contribution in [2.24, 2.45) is 0 Å². The van der Waals surface area contributed by atoms with Gasteiger partial charge >= 0.3 is 0 Å². The number of tetrazole rings is 1. The van der Waals surface area contributed by atoms with Crippen molar-refractivity contribution in [3.05, 3.63) is 81.0 Å². The molecule has 1 aromatic heterocycles. The topological polar surface area (TPSA) is 128 Å². The van der Waals surface area contributed by atoms with Crippen molar-refractivity contribution >= 4 is 23.2 Å². The number of fused-ring (bicyclic) bond motifs is 1. The van der Waals surface area contributed by atoms with Crippen molar-refractivity contribution in [2.75, 3.05) is 10.6 Å². The summed E-state index contributed by atoms with van der Waals surface area (Å²) in [5.41, 5.74) is 3.37. The van der Waals surface area contributed by atoms with Crippen molar-refractivity contribution < 1.29 is 9.72 Å². The van der Waals surface area contributed by atoms with Gasteiger partial charge in [-0.1, -0.05) is 22.8 Å². The van der Waals surface area contributed by atoms with Crippen LogP contribution in [0.4, 0.5) is 17.3 Å². The molecule has 0 fully saturated rings. The number of nitrogens with one attached hydrogen (secondary N) is 2. The molecule has 0 aliphatic carbocycles. The predicted molar refractivity (Wildman–Crippen MR) is 105 cm³/mol. The summed E-state index contributed by atoms with van der Waals surface area (Å²) in [7, 11) is 0. The molecule has 0 bridgehead atoms. The molecule has 0 spiro atoms. The molecule has 0 saturated heterocycles. The zero-order valence-corrected chi connectivity index (χ0v) is 15.7. The van der Waals surface area contributed by atoms with Crippen LogP contribution in [0.25, 0.3) is 0 Å². The SMILES string of the molecule is CC1=C(C(=O)Nc2ccc(C)cc2)[C@H](c2ccc([N+](=O)[O-])cc2)n2nnnc2N1. The highest BCUT2D eigenvalue weighted by Crippen LogP contribution is 2.35. The van der Waals surface area contributed by atoms with E-state index >= 15 is 0 Å². The number of amides is 1. The Bertz CT molecular complexity index is 1120. The molecule has 0 saturated carbocycles. The number of nitro benzene ring substituents is 1. The number of benzene rings is 2. The minimum absolute atomic E-state index is 0.0361. The highest BCUT2D eigenvalue weighted by molar-refractivity contribution is 6.06. The number of hydrogen-bond acceptors (Lipinski definition) is 7. The highest BCUT2D eigenvalue weighted by atomic mass is 16.6. The van der Waals surface area contributed by atoms with E-state index in [1.165, 1.54) is 16.8 Å². The molecule has 2 aromatic carbocycles. The number of hydrogen-bond donors (Lipinski definition) is 2. The maximum atomic E-state index is 13.2. The van der Waals surface area contributed by atoms with Gasteiger partial charge < -0.3 is 10.6 Å². The quantitative estimate of drug-likeness (QED) is 0.517. The van der Waals surface area contributed by atoms with E-state index in [4.69, 9.17) is 0 Å². The molecule has 0 unspecified atom stereocenters. The molecule has 10 heteroatoms. The number of aryl methyl sites for hydroxylation is 1. The van der Waals surface area contributed by atoms with Crippen LogP contribution in [0.2, 0.25) is 0 Å². The lowest BCUT2D eigenvalue weighted by Gasteiger charge is -2.27. The van der Waals surface area contributed by atoms with Crippen LogP contribution in [0.3, 0.4) is 0 Å². The Kier molecular flexibility index (Phi) is 4.51. The second-order valence-electron chi connectivity index (χ2n) is 6.68. The summed E-state index contributed by atoms with van der Waals surface area (Å²) in [6.45, 7) is 3.73. The lowest BCUT2D eigenvalue weighted by atomic mass is 9.95. The Hall–Kier alpha value is -4.08. The number of nitrogens with zero attached hydrogens (tertiary/aromatic N) is 5. The fourth-order valence-corrected chi connectivity index (χ4v) is 3.23. The predicted octanol–water partition coefficient (Wildman–Crippen LogP) is 2.82. The third-order valence-corrected chi connectivity index (χ3v) is 4.69. The first-order chi connectivity index (χ1) is 13.9. The fourth-order valence-electron chi connectivity index (χ4n) is 3.23. The number of anilines is 2. The molecule has 1 aliphatic rings. The number of rotatable bonds is 4. The molecule has 2 heterocycles. The van der Waals surface area contributed by atoms with Gasteiger partial charge in [0.2, 0.25) is 5.95 Å². The zero-order chi connectivity index (χ0) is 20.5. The zero-order valence-electron chi connectivity index (χ0n) is 15.7. The van der Waals surface area contributed by atoms with Crippen molar-refractivity contribution in [3.63, 3.8) is 0 Å². The number of non-ortho nitro benzene ring substituents is 1. The average Bonchev–Trinajstić information content (AvgIpc) is 3.16. The normalized spacial score (nSPS) is 15.4. The molecule has 10 nitrogen and oxygen atoms in total. The van der Waals surface area contributed by atoms with E-state index in [0.29, 0.717) is 28.5 Å². The van der Waals surface area contributed by atoms with Gasteiger partial charge in [0, 0.05) is 23.5 Å². The number of allylic oxidation sites excluding steroid dienone is 1. The Balaban J connectivity index is 1.74. The minimum atomic E-state index is -0.632. The first kappa shape index (κ1) is 18.3. The molecule has 1 atom stereocenters. The van der Waals surface area contributed by atoms with Crippen molar-refractivity contribution in [2.45, 2.75) is 19.9 Å². The molecule has 0 radical (unpaired) electrons. The summed E-state index contributed by atoms with van der Waals surface area (Å²) in [5.74, 6) is 0.0705. The summed E-state index contributed by atoms with van der Waals surface area (Å²) in [6.07, 6.45) is 0. The third-order valence-electron chi connectivity index (χ3n) is 4.69. The molecule has 1 amide bonds. The Morgan fingerprint density at radius 3 is 2.48 bits per heavy atom. The second kappa shape index (κ2) is 7.15. The van der Waals surface area contributed by atoms with Crippen LogP contribution in [0, 0.1) is 17.0 Å². The lowest BCUT2D eigenvalue weighted by molar-refractivity contribution is -0.384. The van der Waals surface area contributed by atoms with Crippen LogP contribution in [0.15, 0.2) is 59.8 Å². The van der Waals surface area contributed by atoms with E-state index in [1.807, 2.05) is 31.2 Å². The summed E-state index contributed by atoms with van der Waals surface area (Å²) < 4.78 is 1.48. The standard InChI is InChI=1S/C19H17N7O3/c1-11-3-7-14(8-4-11)21-18(27)16-12(2)20-19-22-23-24-25(19)17(16)13-5-9-15(10-6-13)26(28)29/h3-10,17H,1-2H3,(H,21,27)(H,20,22,24)/t17-/m0/s1. The molecule has 4 rings (SSSR count). The van der Waals surface area contributed by atoms with E-state index in [-0.39, 0.29) is 11.6 Å². The second-order valence-corrected chi connectivity index (χ2v) is 6.68. The molecule has 3 aromatic rings. The monoisotopic (exact) mass is 391 g/mol. The van der Waals surface area contributed by atoms with Crippen LogP contribution in [-0.4, -0.2) is 31.0 Å². The third kappa shape index (κ3) is 3.43. The van der Waals surface area contributed by atoms with Crippen molar-refractivity contribution in [1.82, 2.24) is 20.2 Å². The Morgan fingerprint density at radius 1 is 1.14 bits per heavy atom. The van der Waals surface area contributed by atoms with E-state index < -0.39 is 11.0 Å². The van der Waals surface area contributed by atoms with E-state index in [0.717, 1.165) is 5.56 Å². The number of nitro groups is 1. The number of aromatic nitrogens is 4. The van der Waals surface area contributed by atoms with Gasteiger partial charge in [0.1, 0.15) is 6.04 Å². The van der Waals surface area contributed by atoms with Gasteiger partial charge in [-0.15, -0.1) is 0 Å². The van der Waals surface area contributed by atoms with Crippen molar-refractivity contribution in [1.29, 1.82) is 0 Å². The molecule has 1 aliphatic heterocycles. The van der Waals surface area contributed by atoms with Gasteiger partial charge in [0.25, 0.3) is 11.6 Å². The van der Waals surface area contributed by atoms with Gasteiger partial charge in [-0.25, -0.2) is 0 Å². The minimum Gasteiger partial charge on any atom is -0.326 e. The summed E-state index contributed by atoms with van der Waals surface area (Å²) in [5, 5.41) is 28.5. The first-order valence-corrected chi connectivity index (χ1v) is 8.82. The molecule has 29 heavy (non-hydrogen) atoms. The van der Waals surface area contributed by atoms with Crippen LogP contribution < -0.4 is 10.6 Å². The molecular weight excluding hydrogens is 374 g/mol. The summed E-state index contributed by atoms with van der Waals surface area (Å²) in [4.78, 5) is 23.7. The van der Waals surface area contributed by atoms with Gasteiger partial charge in [-0.2, -0.15) is 4.68 Å². The summed E-state index contributed by atoms with van der Waals surface area (Å²) in [6, 6.07) is 12.8. The molecule has 146 valence electrons. The van der Waals surface area contributed by atoms with Crippen LogP contribution in [0.1, 0.15) is 24.1 Å². The number of carbonyl (C=O) groups is 1. The van der Waals surface area contributed by atoms with Crippen LogP contribution in [-0.2, 0) is 4.79 Å². The average molecular weight is 391 g/mol. The maximum absolute atomic E-state index is 13.2. The largest absolute Gasteiger partial charge is 0.326 e.